The molecule has 2 aromatic rings. The molecule has 0 aliphatic carbocycles. The molecule has 0 radical (unpaired) electrons. The molecule has 0 spiro atoms. The molecule has 0 saturated heterocycles. The van der Waals surface area contributed by atoms with E-state index >= 15 is 0 Å². The highest BCUT2D eigenvalue weighted by Gasteiger charge is 2.11. The maximum Gasteiger partial charge on any atom is 0.180 e. The van der Waals surface area contributed by atoms with E-state index < -0.39 is 0 Å². The first-order valence-corrected chi connectivity index (χ1v) is 6.51. The number of hydrogen-bond acceptors (Lipinski definition) is 4. The molecular weight excluding hydrogens is 329 g/mol. The van der Waals surface area contributed by atoms with Crippen molar-refractivity contribution in [3.63, 3.8) is 0 Å². The van der Waals surface area contributed by atoms with Gasteiger partial charge in [-0.3, -0.25) is 0 Å². The van der Waals surface area contributed by atoms with Crippen molar-refractivity contribution in [1.29, 1.82) is 0 Å². The summed E-state index contributed by atoms with van der Waals surface area (Å²) < 4.78 is 2.95. The average molecular weight is 343 g/mol. The molecule has 0 aliphatic rings. The van der Waals surface area contributed by atoms with Crippen LogP contribution < -0.4 is 5.73 Å². The summed E-state index contributed by atoms with van der Waals surface area (Å²) in [7, 11) is 0. The summed E-state index contributed by atoms with van der Waals surface area (Å²) in [5.74, 6) is 1.17. The normalized spacial score (nSPS) is 10.8. The molecule has 2 rings (SSSR count). The summed E-state index contributed by atoms with van der Waals surface area (Å²) in [5, 5.41) is 0. The Bertz CT molecular complexity index is 511. The van der Waals surface area contributed by atoms with E-state index in [9.17, 15) is 0 Å². The van der Waals surface area contributed by atoms with E-state index in [1.165, 1.54) is 0 Å². The third-order valence-electron chi connectivity index (χ3n) is 2.45. The minimum atomic E-state index is 0.525. The van der Waals surface area contributed by atoms with E-state index in [1.54, 1.807) is 12.5 Å². The Hall–Kier alpha value is -1.18. The molecule has 0 aliphatic heterocycles. The maximum atomic E-state index is 5.86. The fraction of sp³-hybridized carbons (Fsp3) is 0.364. The van der Waals surface area contributed by atoms with Crippen molar-refractivity contribution in [3.8, 4) is 11.5 Å². The topological polar surface area (TPSA) is 69.6 Å². The Morgan fingerprint density at radius 2 is 2.18 bits per heavy atom. The molecule has 0 amide bonds. The number of aryl methyl sites for hydroxylation is 2. The fourth-order valence-corrected chi connectivity index (χ4v) is 1.86. The standard InChI is InChI=1S/C11H14IN5/c1-3-4-17-6-14-5-8(17)11-15-7(2)9(12)10(13)16-11/h5-6H,3-4H2,1-2H3,(H2,13,15,16). The first-order chi connectivity index (χ1) is 8.13. The molecule has 90 valence electrons. The number of nitrogens with two attached hydrogens (primary N) is 1. The Labute approximate surface area is 114 Å². The van der Waals surface area contributed by atoms with Crippen LogP contribution >= 0.6 is 22.6 Å². The lowest BCUT2D eigenvalue weighted by atomic mass is 10.3. The monoisotopic (exact) mass is 343 g/mol. The Morgan fingerprint density at radius 1 is 1.41 bits per heavy atom. The van der Waals surface area contributed by atoms with Crippen LogP contribution in [0.1, 0.15) is 19.0 Å². The van der Waals surface area contributed by atoms with Gasteiger partial charge in [0, 0.05) is 6.54 Å². The number of imidazole rings is 1. The van der Waals surface area contributed by atoms with Crippen molar-refractivity contribution < 1.29 is 0 Å². The lowest BCUT2D eigenvalue weighted by Crippen LogP contribution is -2.05. The zero-order chi connectivity index (χ0) is 12.4. The van der Waals surface area contributed by atoms with Crippen LogP contribution in [0.3, 0.4) is 0 Å². The number of nitrogen functional groups attached to an aromatic ring is 1. The molecule has 6 heteroatoms. The Morgan fingerprint density at radius 3 is 2.82 bits per heavy atom. The third-order valence-corrected chi connectivity index (χ3v) is 3.78. The molecule has 2 aromatic heterocycles. The van der Waals surface area contributed by atoms with Crippen LogP contribution in [0.25, 0.3) is 11.5 Å². The van der Waals surface area contributed by atoms with Crippen LogP contribution in [0.5, 0.6) is 0 Å². The molecule has 0 fully saturated rings. The average Bonchev–Trinajstić information content (AvgIpc) is 2.74. The van der Waals surface area contributed by atoms with Crippen molar-refractivity contribution in [3.05, 3.63) is 21.8 Å². The first-order valence-electron chi connectivity index (χ1n) is 5.43. The summed E-state index contributed by atoms with van der Waals surface area (Å²) in [6, 6.07) is 0. The number of rotatable bonds is 3. The van der Waals surface area contributed by atoms with Crippen molar-refractivity contribution in [2.45, 2.75) is 26.8 Å². The highest BCUT2D eigenvalue weighted by atomic mass is 127. The van der Waals surface area contributed by atoms with Crippen molar-refractivity contribution in [1.82, 2.24) is 19.5 Å². The summed E-state index contributed by atoms with van der Waals surface area (Å²) >= 11 is 2.16. The molecule has 0 aromatic carbocycles. The van der Waals surface area contributed by atoms with Gasteiger partial charge in [0.1, 0.15) is 11.5 Å². The summed E-state index contributed by atoms with van der Waals surface area (Å²) in [4.78, 5) is 12.9. The minimum absolute atomic E-state index is 0.525. The second-order valence-corrected chi connectivity index (χ2v) is 4.88. The lowest BCUT2D eigenvalue weighted by Gasteiger charge is -2.08. The van der Waals surface area contributed by atoms with Crippen molar-refractivity contribution >= 4 is 28.4 Å². The molecule has 0 atom stereocenters. The van der Waals surface area contributed by atoms with Gasteiger partial charge >= 0.3 is 0 Å². The van der Waals surface area contributed by atoms with Crippen LogP contribution in [-0.2, 0) is 6.54 Å². The van der Waals surface area contributed by atoms with E-state index in [0.717, 1.165) is 27.9 Å². The second kappa shape index (κ2) is 4.99. The number of nitrogens with zero attached hydrogens (tertiary/aromatic N) is 4. The zero-order valence-corrected chi connectivity index (χ0v) is 12.0. The fourth-order valence-electron chi connectivity index (χ4n) is 1.62. The highest BCUT2D eigenvalue weighted by Crippen LogP contribution is 2.21. The number of aromatic nitrogens is 4. The van der Waals surface area contributed by atoms with Crippen LogP contribution in [0, 0.1) is 10.5 Å². The van der Waals surface area contributed by atoms with E-state index in [2.05, 4.69) is 44.5 Å². The first kappa shape index (κ1) is 12.3. The van der Waals surface area contributed by atoms with E-state index in [1.807, 2.05) is 11.5 Å². The van der Waals surface area contributed by atoms with E-state index in [0.29, 0.717) is 11.6 Å². The largest absolute Gasteiger partial charge is 0.383 e. The number of hydrogen-bond donors (Lipinski definition) is 1. The SMILES string of the molecule is CCCn1cncc1-c1nc(C)c(I)c(N)n1. The molecule has 17 heavy (non-hydrogen) atoms. The van der Waals surface area contributed by atoms with Crippen molar-refractivity contribution in [2.75, 3.05) is 5.73 Å². The molecule has 2 heterocycles. The van der Waals surface area contributed by atoms with Gasteiger partial charge in [0.2, 0.25) is 0 Å². The molecule has 0 bridgehead atoms. The smallest absolute Gasteiger partial charge is 0.180 e. The Kier molecular flexibility index (Phi) is 3.60. The molecule has 0 unspecified atom stereocenters. The molecular formula is C11H14IN5. The quantitative estimate of drug-likeness (QED) is 0.868. The zero-order valence-electron chi connectivity index (χ0n) is 9.81. The van der Waals surface area contributed by atoms with Gasteiger partial charge in [0.25, 0.3) is 0 Å². The maximum absolute atomic E-state index is 5.86. The van der Waals surface area contributed by atoms with E-state index in [-0.39, 0.29) is 0 Å². The van der Waals surface area contributed by atoms with Gasteiger partial charge in [-0.25, -0.2) is 15.0 Å². The lowest BCUT2D eigenvalue weighted by molar-refractivity contribution is 0.681. The van der Waals surface area contributed by atoms with Gasteiger partial charge in [0.15, 0.2) is 5.82 Å². The number of anilines is 1. The summed E-state index contributed by atoms with van der Waals surface area (Å²) in [5.41, 5.74) is 7.68. The predicted molar refractivity (Wildman–Crippen MR) is 75.4 cm³/mol. The highest BCUT2D eigenvalue weighted by molar-refractivity contribution is 14.1. The predicted octanol–water partition coefficient (Wildman–Crippen LogP) is 2.25. The van der Waals surface area contributed by atoms with Gasteiger partial charge in [-0.2, -0.15) is 0 Å². The van der Waals surface area contributed by atoms with Gasteiger partial charge in [-0.1, -0.05) is 6.92 Å². The molecule has 5 nitrogen and oxygen atoms in total. The van der Waals surface area contributed by atoms with Gasteiger partial charge in [-0.05, 0) is 35.9 Å². The van der Waals surface area contributed by atoms with E-state index in [4.69, 9.17) is 5.73 Å². The van der Waals surface area contributed by atoms with Crippen LogP contribution in [-0.4, -0.2) is 19.5 Å². The summed E-state index contributed by atoms with van der Waals surface area (Å²) in [6.07, 6.45) is 4.62. The Balaban J connectivity index is 2.49. The third kappa shape index (κ3) is 2.41. The molecule has 0 saturated carbocycles. The van der Waals surface area contributed by atoms with Gasteiger partial charge < -0.3 is 10.3 Å². The van der Waals surface area contributed by atoms with Crippen LogP contribution in [0.2, 0.25) is 0 Å². The van der Waals surface area contributed by atoms with Gasteiger partial charge in [-0.15, -0.1) is 0 Å². The second-order valence-electron chi connectivity index (χ2n) is 3.80. The van der Waals surface area contributed by atoms with Crippen molar-refractivity contribution in [2.24, 2.45) is 0 Å². The minimum Gasteiger partial charge on any atom is -0.383 e. The van der Waals surface area contributed by atoms with Gasteiger partial charge in [0.05, 0.1) is 21.8 Å². The molecule has 2 N–H and O–H groups in total. The van der Waals surface area contributed by atoms with Crippen LogP contribution in [0.15, 0.2) is 12.5 Å². The number of halogens is 1. The summed E-state index contributed by atoms with van der Waals surface area (Å²) in [6.45, 7) is 4.96. The van der Waals surface area contributed by atoms with Crippen LogP contribution in [0.4, 0.5) is 5.82 Å².